The lowest BCUT2D eigenvalue weighted by molar-refractivity contribution is -0.135. The monoisotopic (exact) mass is 441 g/mol. The zero-order valence-corrected chi connectivity index (χ0v) is 19.4. The second-order valence-electron chi connectivity index (χ2n) is 7.20. The molecule has 1 aliphatic heterocycles. The molecule has 3 rings (SSSR count). The Balaban J connectivity index is 0.000000767. The second kappa shape index (κ2) is 15.2. The van der Waals surface area contributed by atoms with Crippen LogP contribution >= 0.6 is 0 Å². The van der Waals surface area contributed by atoms with Gasteiger partial charge in [-0.15, -0.1) is 0 Å². The number of hydrogen-bond donors (Lipinski definition) is 2. The maximum atomic E-state index is 13.7. The standard InChI is InChI=1S/C16H22FN3O.2C2H4O2.C2H6/c1-12(2)11-19-6-8-20(9-7-19)16-14-10-13(17)4-3-5-15(14)21-18-16;2*1-2(3)4;1-2/h3,5,10,12H,4,6-9,11H2,1-2H3;2*1H3,(H,3,4);1-2H3. The maximum absolute atomic E-state index is 13.7. The summed E-state index contributed by atoms with van der Waals surface area (Å²) >= 11 is 0. The fraction of sp³-hybridized carbons (Fsp3) is 0.591. The van der Waals surface area contributed by atoms with Gasteiger partial charge >= 0.3 is 0 Å². The lowest BCUT2D eigenvalue weighted by Gasteiger charge is -2.35. The number of fused-ring (bicyclic) bond motifs is 1. The molecule has 0 saturated carbocycles. The first kappa shape index (κ1) is 28.3. The number of carboxylic acid groups (broad SMARTS) is 2. The van der Waals surface area contributed by atoms with Gasteiger partial charge in [0, 0.05) is 53.0 Å². The molecule has 0 atom stereocenters. The molecule has 2 aliphatic rings. The molecule has 1 saturated heterocycles. The molecule has 0 bridgehead atoms. The van der Waals surface area contributed by atoms with Gasteiger partial charge < -0.3 is 19.6 Å². The van der Waals surface area contributed by atoms with Crippen LogP contribution < -0.4 is 4.90 Å². The molecule has 0 aromatic carbocycles. The summed E-state index contributed by atoms with van der Waals surface area (Å²) in [4.78, 5) is 22.7. The topological polar surface area (TPSA) is 107 Å². The van der Waals surface area contributed by atoms with E-state index in [0.717, 1.165) is 58.0 Å². The first-order chi connectivity index (χ1) is 14.6. The highest BCUT2D eigenvalue weighted by Crippen LogP contribution is 2.30. The quantitative estimate of drug-likeness (QED) is 0.711. The fourth-order valence-electron chi connectivity index (χ4n) is 2.94. The van der Waals surface area contributed by atoms with Crippen LogP contribution in [0.3, 0.4) is 0 Å². The first-order valence-corrected chi connectivity index (χ1v) is 10.5. The maximum Gasteiger partial charge on any atom is 0.300 e. The molecule has 1 aromatic rings. The Labute approximate surface area is 184 Å². The third kappa shape index (κ3) is 11.9. The van der Waals surface area contributed by atoms with E-state index in [-0.39, 0.29) is 5.83 Å². The molecule has 1 fully saturated rings. The molecule has 176 valence electrons. The van der Waals surface area contributed by atoms with E-state index in [1.165, 1.54) is 0 Å². The zero-order chi connectivity index (χ0) is 24.0. The lowest BCUT2D eigenvalue weighted by Crippen LogP contribution is -2.47. The summed E-state index contributed by atoms with van der Waals surface area (Å²) in [5.41, 5.74) is 0.776. The van der Waals surface area contributed by atoms with Crippen molar-refractivity contribution in [1.29, 1.82) is 0 Å². The Morgan fingerprint density at radius 2 is 1.65 bits per heavy atom. The average Bonchev–Trinajstić information content (AvgIpc) is 2.95. The summed E-state index contributed by atoms with van der Waals surface area (Å²) in [6.07, 6.45) is 5.46. The van der Waals surface area contributed by atoms with Crippen LogP contribution in [0.1, 0.15) is 59.3 Å². The van der Waals surface area contributed by atoms with Crippen LogP contribution in [-0.4, -0.2) is 64.9 Å². The Kier molecular flexibility index (Phi) is 13.9. The van der Waals surface area contributed by atoms with Crippen molar-refractivity contribution in [2.75, 3.05) is 37.6 Å². The van der Waals surface area contributed by atoms with Gasteiger partial charge in [-0.05, 0) is 18.1 Å². The summed E-state index contributed by atoms with van der Waals surface area (Å²) in [5.74, 6) is 0.299. The van der Waals surface area contributed by atoms with Gasteiger partial charge in [0.2, 0.25) is 0 Å². The molecular formula is C22H36FN3O5. The second-order valence-corrected chi connectivity index (χ2v) is 7.20. The van der Waals surface area contributed by atoms with Crippen LogP contribution in [0.15, 0.2) is 16.4 Å². The molecule has 0 radical (unpaired) electrons. The van der Waals surface area contributed by atoms with Crippen molar-refractivity contribution in [3.8, 4) is 0 Å². The van der Waals surface area contributed by atoms with E-state index in [4.69, 9.17) is 24.3 Å². The number of aromatic nitrogens is 1. The molecule has 9 heteroatoms. The fourth-order valence-corrected chi connectivity index (χ4v) is 2.94. The highest BCUT2D eigenvalue weighted by molar-refractivity contribution is 5.74. The van der Waals surface area contributed by atoms with Gasteiger partial charge in [0.05, 0.1) is 5.56 Å². The van der Waals surface area contributed by atoms with Crippen molar-refractivity contribution in [2.24, 2.45) is 5.92 Å². The minimum absolute atomic E-state index is 0.145. The number of nitrogens with zero attached hydrogens (tertiary/aromatic N) is 3. The largest absolute Gasteiger partial charge is 0.481 e. The van der Waals surface area contributed by atoms with E-state index in [0.29, 0.717) is 18.1 Å². The van der Waals surface area contributed by atoms with E-state index < -0.39 is 11.9 Å². The van der Waals surface area contributed by atoms with Crippen molar-refractivity contribution < 1.29 is 28.7 Å². The van der Waals surface area contributed by atoms with Crippen LogP contribution in [0, 0.1) is 5.92 Å². The van der Waals surface area contributed by atoms with E-state index >= 15 is 0 Å². The van der Waals surface area contributed by atoms with E-state index in [9.17, 15) is 4.39 Å². The normalized spacial score (nSPS) is 15.1. The SMILES string of the molecule is CC.CC(=O)O.CC(=O)O.CC(C)CN1CCN(c2noc3c2C=C(F)CC=C3)CC1. The summed E-state index contributed by atoms with van der Waals surface area (Å²) in [6.45, 7) is 15.6. The number of carboxylic acids is 2. The number of allylic oxidation sites excluding steroid dienone is 2. The minimum atomic E-state index is -0.833. The predicted octanol–water partition coefficient (Wildman–Crippen LogP) is 4.39. The zero-order valence-electron chi connectivity index (χ0n) is 19.4. The number of anilines is 1. The van der Waals surface area contributed by atoms with Crippen molar-refractivity contribution in [3.05, 3.63) is 23.2 Å². The van der Waals surface area contributed by atoms with Crippen molar-refractivity contribution in [1.82, 2.24) is 10.1 Å². The van der Waals surface area contributed by atoms with Crippen LogP contribution in [0.4, 0.5) is 10.2 Å². The van der Waals surface area contributed by atoms with Gasteiger partial charge in [-0.2, -0.15) is 0 Å². The number of halogens is 1. The Hall–Kier alpha value is -2.68. The average molecular weight is 442 g/mol. The Bertz CT molecular complexity index is 716. The van der Waals surface area contributed by atoms with Gasteiger partial charge in [0.15, 0.2) is 11.6 Å². The lowest BCUT2D eigenvalue weighted by atomic mass is 10.1. The van der Waals surface area contributed by atoms with Crippen molar-refractivity contribution >= 4 is 29.9 Å². The Morgan fingerprint density at radius 1 is 1.13 bits per heavy atom. The van der Waals surface area contributed by atoms with Gasteiger partial charge in [-0.25, -0.2) is 4.39 Å². The number of aliphatic carboxylic acids is 2. The minimum Gasteiger partial charge on any atom is -0.481 e. The van der Waals surface area contributed by atoms with E-state index in [1.54, 1.807) is 12.2 Å². The molecule has 0 unspecified atom stereocenters. The van der Waals surface area contributed by atoms with Gasteiger partial charge in [-0.1, -0.05) is 38.9 Å². The van der Waals surface area contributed by atoms with Crippen LogP contribution in [0.5, 0.6) is 0 Å². The molecule has 1 aromatic heterocycles. The molecule has 2 heterocycles. The van der Waals surface area contributed by atoms with Crippen LogP contribution in [0.2, 0.25) is 0 Å². The molecule has 2 N–H and O–H groups in total. The van der Waals surface area contributed by atoms with Gasteiger partial charge in [0.1, 0.15) is 5.83 Å². The van der Waals surface area contributed by atoms with Crippen LogP contribution in [-0.2, 0) is 9.59 Å². The summed E-state index contributed by atoms with van der Waals surface area (Å²) in [7, 11) is 0. The van der Waals surface area contributed by atoms with Crippen molar-refractivity contribution in [3.63, 3.8) is 0 Å². The number of piperazine rings is 1. The summed E-state index contributed by atoms with van der Waals surface area (Å²) < 4.78 is 19.0. The highest BCUT2D eigenvalue weighted by atomic mass is 19.1. The van der Waals surface area contributed by atoms with E-state index in [1.807, 2.05) is 19.9 Å². The molecule has 8 nitrogen and oxygen atoms in total. The summed E-state index contributed by atoms with van der Waals surface area (Å²) in [5, 5.41) is 19.0. The molecule has 0 amide bonds. The molecule has 0 spiro atoms. The van der Waals surface area contributed by atoms with E-state index in [2.05, 4.69) is 28.8 Å². The summed E-state index contributed by atoms with van der Waals surface area (Å²) in [6, 6.07) is 0. The number of carbonyl (C=O) groups is 2. The third-order valence-electron chi connectivity index (χ3n) is 3.92. The number of hydrogen-bond acceptors (Lipinski definition) is 6. The number of rotatable bonds is 3. The Morgan fingerprint density at radius 3 is 2.13 bits per heavy atom. The third-order valence-corrected chi connectivity index (χ3v) is 3.92. The molecule has 31 heavy (non-hydrogen) atoms. The first-order valence-electron chi connectivity index (χ1n) is 10.5. The van der Waals surface area contributed by atoms with Crippen LogP contribution in [0.25, 0.3) is 12.2 Å². The van der Waals surface area contributed by atoms with Gasteiger partial charge in [0.25, 0.3) is 11.9 Å². The van der Waals surface area contributed by atoms with Gasteiger partial charge in [-0.3, -0.25) is 14.5 Å². The smallest absolute Gasteiger partial charge is 0.300 e. The molecular weight excluding hydrogens is 405 g/mol. The highest BCUT2D eigenvalue weighted by Gasteiger charge is 2.24. The van der Waals surface area contributed by atoms with Crippen molar-refractivity contribution in [2.45, 2.75) is 48.0 Å². The molecule has 1 aliphatic carbocycles. The predicted molar refractivity (Wildman–Crippen MR) is 121 cm³/mol.